The molecular weight excluding hydrogens is 684 g/mol. The molecule has 0 saturated heterocycles. The van der Waals surface area contributed by atoms with E-state index in [0.29, 0.717) is 18.5 Å². The highest BCUT2D eigenvalue weighted by Crippen LogP contribution is 2.48. The van der Waals surface area contributed by atoms with Crippen LogP contribution in [0, 0.1) is 17.0 Å². The number of ether oxygens (including phenoxy) is 3. The predicted molar refractivity (Wildman–Crippen MR) is 171 cm³/mol. The van der Waals surface area contributed by atoms with Crippen molar-refractivity contribution in [2.45, 2.75) is 69.6 Å². The Morgan fingerprint density at radius 2 is 1.60 bits per heavy atom. The normalized spacial score (nSPS) is 21.8. The molecule has 260 valence electrons. The average molecular weight is 724 g/mol. The first-order valence-corrected chi connectivity index (χ1v) is 16.6. The number of carbonyl (C=O) groups excluding carboxylic acids is 3. The molecule has 2 aromatic carbocycles. The van der Waals surface area contributed by atoms with Crippen molar-refractivity contribution in [3.05, 3.63) is 58.1 Å². The fraction of sp³-hybridized carbons (Fsp3) is 0.516. The Kier molecular flexibility index (Phi) is 14.2. The molecule has 16 heteroatoms. The molecule has 5 rings (SSSR count). The Bertz CT molecular complexity index is 1390. The summed E-state index contributed by atoms with van der Waals surface area (Å²) >= 11 is 11.1. The molecule has 3 saturated carbocycles. The Morgan fingerprint density at radius 3 is 2.11 bits per heavy atom. The lowest BCUT2D eigenvalue weighted by atomic mass is 9.60. The zero-order chi connectivity index (χ0) is 34.8. The molecule has 3 aliphatic rings. The van der Waals surface area contributed by atoms with E-state index in [2.05, 4.69) is 10.6 Å². The Morgan fingerprint density at radius 1 is 1.02 bits per heavy atom. The minimum atomic E-state index is -2.50. The van der Waals surface area contributed by atoms with Crippen LogP contribution in [0.1, 0.15) is 52.4 Å². The third-order valence-electron chi connectivity index (χ3n) is 8.13. The van der Waals surface area contributed by atoms with Gasteiger partial charge in [-0.3, -0.25) is 14.4 Å². The number of aldehydes is 1. The maximum absolute atomic E-state index is 13.6. The summed E-state index contributed by atoms with van der Waals surface area (Å²) in [5.74, 6) is -1.44. The molecule has 0 aliphatic heterocycles. The quantitative estimate of drug-likeness (QED) is 0.115. The van der Waals surface area contributed by atoms with Gasteiger partial charge in [-0.1, -0.05) is 37.0 Å². The van der Waals surface area contributed by atoms with Crippen LogP contribution in [0.5, 0.6) is 11.5 Å². The lowest BCUT2D eigenvalue weighted by Crippen LogP contribution is -2.69. The van der Waals surface area contributed by atoms with Gasteiger partial charge in [-0.05, 0) is 62.4 Å². The highest BCUT2D eigenvalue weighted by Gasteiger charge is 2.56. The standard InChI is InChI=1S/C23H33ClFN2O7P.C8H6ClFO2/c1-21(2,14-33-35(30)31)12-20(29)34-18-11-22(6-8-23(18,26-3)9-7-22)27-19(28)13-32-15-4-5-16(24)17(25)10-15;9-7-2-1-6(5-8(7)10)12-4-3-11/h4-5,10,18,26,30-31H,6-9,11-14H2,1-3H3,(H,27,28);1-3,5H,4H2. The van der Waals surface area contributed by atoms with Crippen molar-refractivity contribution in [1.82, 2.24) is 10.6 Å². The van der Waals surface area contributed by atoms with E-state index in [-0.39, 0.29) is 53.5 Å². The summed E-state index contributed by atoms with van der Waals surface area (Å²) in [6, 6.07) is 7.98. The number of esters is 1. The molecule has 11 nitrogen and oxygen atoms in total. The van der Waals surface area contributed by atoms with Crippen LogP contribution in [0.15, 0.2) is 36.4 Å². The van der Waals surface area contributed by atoms with E-state index >= 15 is 0 Å². The molecule has 0 aromatic heterocycles. The molecule has 2 bridgehead atoms. The molecule has 0 spiro atoms. The zero-order valence-electron chi connectivity index (χ0n) is 26.2. The highest BCUT2D eigenvalue weighted by atomic mass is 35.5. The Balaban J connectivity index is 0.000000420. The van der Waals surface area contributed by atoms with Gasteiger partial charge in [0, 0.05) is 24.1 Å². The minimum absolute atomic E-state index is 0.000154. The van der Waals surface area contributed by atoms with Crippen molar-refractivity contribution in [3.63, 3.8) is 0 Å². The van der Waals surface area contributed by atoms with Crippen molar-refractivity contribution >= 4 is 50.0 Å². The first-order chi connectivity index (χ1) is 22.1. The second-order valence-electron chi connectivity index (χ2n) is 12.2. The Labute approximate surface area is 283 Å². The monoisotopic (exact) mass is 722 g/mol. The van der Waals surface area contributed by atoms with Crippen molar-refractivity contribution in [2.24, 2.45) is 5.41 Å². The molecule has 1 amide bonds. The summed E-state index contributed by atoms with van der Waals surface area (Å²) in [6.45, 7) is 3.20. The molecular formula is C31H39Cl2F2N2O9P. The molecule has 1 unspecified atom stereocenters. The molecule has 0 heterocycles. The second-order valence-corrected chi connectivity index (χ2v) is 13.8. The maximum Gasteiger partial charge on any atom is 0.327 e. The van der Waals surface area contributed by atoms with E-state index in [1.54, 1.807) is 13.8 Å². The predicted octanol–water partition coefficient (Wildman–Crippen LogP) is 5.26. The van der Waals surface area contributed by atoms with Gasteiger partial charge in [-0.15, -0.1) is 0 Å². The molecule has 4 N–H and O–H groups in total. The van der Waals surface area contributed by atoms with Crippen molar-refractivity contribution < 1.29 is 51.7 Å². The number of nitrogens with one attached hydrogen (secondary N) is 2. The highest BCUT2D eigenvalue weighted by molar-refractivity contribution is 7.39. The van der Waals surface area contributed by atoms with Crippen LogP contribution >= 0.6 is 31.8 Å². The zero-order valence-corrected chi connectivity index (χ0v) is 28.6. The van der Waals surface area contributed by atoms with Crippen LogP contribution in [0.2, 0.25) is 10.0 Å². The number of carbonyl (C=O) groups is 3. The first-order valence-electron chi connectivity index (χ1n) is 14.7. The van der Waals surface area contributed by atoms with Crippen molar-refractivity contribution in [3.8, 4) is 11.5 Å². The summed E-state index contributed by atoms with van der Waals surface area (Å²) in [5.41, 5.74) is -1.55. The SMILES string of the molecule is CNC12CCC(NC(=O)COc3ccc(Cl)c(F)c3)(CC1)CC2OC(=O)CC(C)(C)COP(O)O.O=CCOc1ccc(Cl)c(F)c1. The summed E-state index contributed by atoms with van der Waals surface area (Å²) in [6.07, 6.45) is 3.52. The van der Waals surface area contributed by atoms with E-state index in [4.69, 9.17) is 51.7 Å². The van der Waals surface area contributed by atoms with Crippen LogP contribution in [-0.4, -0.2) is 72.0 Å². The van der Waals surface area contributed by atoms with Gasteiger partial charge in [0.15, 0.2) is 12.9 Å². The van der Waals surface area contributed by atoms with Gasteiger partial charge in [0.2, 0.25) is 0 Å². The summed E-state index contributed by atoms with van der Waals surface area (Å²) in [7, 11) is -0.648. The molecule has 0 radical (unpaired) electrons. The third kappa shape index (κ3) is 11.5. The van der Waals surface area contributed by atoms with E-state index in [1.807, 2.05) is 7.05 Å². The van der Waals surface area contributed by atoms with Crippen LogP contribution in [-0.2, 0) is 23.6 Å². The summed E-state index contributed by atoms with van der Waals surface area (Å²) in [5, 5.41) is 6.42. The second kappa shape index (κ2) is 17.1. The van der Waals surface area contributed by atoms with E-state index in [0.717, 1.165) is 37.8 Å². The third-order valence-corrected chi connectivity index (χ3v) is 9.10. The average Bonchev–Trinajstić information content (AvgIpc) is 3.02. The number of amides is 1. The minimum Gasteiger partial charge on any atom is -0.486 e. The summed E-state index contributed by atoms with van der Waals surface area (Å²) < 4.78 is 47.4. The topological polar surface area (TPSA) is 153 Å². The van der Waals surface area contributed by atoms with Gasteiger partial charge in [-0.25, -0.2) is 8.78 Å². The largest absolute Gasteiger partial charge is 0.486 e. The smallest absolute Gasteiger partial charge is 0.327 e. The van der Waals surface area contributed by atoms with Gasteiger partial charge in [0.05, 0.1) is 28.6 Å². The van der Waals surface area contributed by atoms with Gasteiger partial charge in [0.1, 0.15) is 35.8 Å². The van der Waals surface area contributed by atoms with Gasteiger partial charge >= 0.3 is 14.6 Å². The Hall–Kier alpha value is -2.64. The van der Waals surface area contributed by atoms with Crippen LogP contribution in [0.25, 0.3) is 0 Å². The number of hydrogen-bond acceptors (Lipinski definition) is 10. The molecule has 2 aromatic rings. The number of rotatable bonds is 14. The molecule has 3 fully saturated rings. The molecule has 47 heavy (non-hydrogen) atoms. The molecule has 1 atom stereocenters. The van der Waals surface area contributed by atoms with Gasteiger partial charge in [0.25, 0.3) is 5.91 Å². The first kappa shape index (κ1) is 38.8. The maximum atomic E-state index is 13.6. The number of fused-ring (bicyclic) bond motifs is 3. The number of halogens is 4. The number of benzene rings is 2. The number of hydrogen-bond donors (Lipinski definition) is 4. The fourth-order valence-corrected chi connectivity index (χ4v) is 6.31. The van der Waals surface area contributed by atoms with E-state index in [9.17, 15) is 23.2 Å². The number of likely N-dealkylation sites (N-methyl/N-ethyl adjacent to an activating group) is 1. The van der Waals surface area contributed by atoms with Crippen LogP contribution in [0.3, 0.4) is 0 Å². The van der Waals surface area contributed by atoms with Gasteiger partial charge < -0.3 is 39.2 Å². The van der Waals surface area contributed by atoms with E-state index in [1.165, 1.54) is 24.3 Å². The lowest BCUT2D eigenvalue weighted by Gasteiger charge is -2.57. The van der Waals surface area contributed by atoms with Crippen molar-refractivity contribution in [1.29, 1.82) is 0 Å². The van der Waals surface area contributed by atoms with Crippen LogP contribution in [0.4, 0.5) is 8.78 Å². The lowest BCUT2D eigenvalue weighted by molar-refractivity contribution is -0.166. The van der Waals surface area contributed by atoms with Crippen LogP contribution < -0.4 is 20.1 Å². The van der Waals surface area contributed by atoms with Crippen molar-refractivity contribution in [2.75, 3.05) is 26.9 Å². The van der Waals surface area contributed by atoms with E-state index < -0.39 is 43.3 Å². The summed E-state index contributed by atoms with van der Waals surface area (Å²) in [4.78, 5) is 53.3. The van der Waals surface area contributed by atoms with Gasteiger partial charge in [-0.2, -0.15) is 0 Å². The fourth-order valence-electron chi connectivity index (χ4n) is 5.61. The molecule has 3 aliphatic carbocycles.